The van der Waals surface area contributed by atoms with Gasteiger partial charge in [-0.25, -0.2) is 0 Å². The molecule has 0 aliphatic heterocycles. The number of nitrogens with zero attached hydrogens (tertiary/aromatic N) is 1. The van der Waals surface area contributed by atoms with Gasteiger partial charge in [0, 0.05) is 28.4 Å². The van der Waals surface area contributed by atoms with Crippen LogP contribution in [0.4, 0.5) is 0 Å². The largest absolute Gasteiger partial charge is 0.389 e. The van der Waals surface area contributed by atoms with Gasteiger partial charge >= 0.3 is 0 Å². The summed E-state index contributed by atoms with van der Waals surface area (Å²) in [4.78, 5) is 0. The highest BCUT2D eigenvalue weighted by Gasteiger charge is 2.13. The minimum atomic E-state index is -0.477. The zero-order valence-corrected chi connectivity index (χ0v) is 12.7. The van der Waals surface area contributed by atoms with Gasteiger partial charge in [0.2, 0.25) is 0 Å². The molecule has 0 fully saturated rings. The molecule has 21 heavy (non-hydrogen) atoms. The predicted molar refractivity (Wildman–Crippen MR) is 86.4 cm³/mol. The van der Waals surface area contributed by atoms with Crippen molar-refractivity contribution in [3.05, 3.63) is 47.5 Å². The van der Waals surface area contributed by atoms with Gasteiger partial charge in [-0.1, -0.05) is 12.1 Å². The molecule has 2 atom stereocenters. The number of hydrogen-bond donors (Lipinski definition) is 2. The summed E-state index contributed by atoms with van der Waals surface area (Å²) in [5.74, 6) is 0. The number of rotatable bonds is 3. The molecular formula is C18H21NO2. The topological polar surface area (TPSA) is 45.4 Å². The third-order valence-corrected chi connectivity index (χ3v) is 4.19. The van der Waals surface area contributed by atoms with E-state index in [1.807, 2.05) is 12.1 Å². The van der Waals surface area contributed by atoms with Crippen molar-refractivity contribution in [3.8, 4) is 0 Å². The Balaban J connectivity index is 2.39. The van der Waals surface area contributed by atoms with Crippen LogP contribution in [0.2, 0.25) is 0 Å². The molecule has 0 aliphatic rings. The lowest BCUT2D eigenvalue weighted by molar-refractivity contribution is 0.199. The second-order valence-electron chi connectivity index (χ2n) is 5.65. The van der Waals surface area contributed by atoms with Gasteiger partial charge in [0.05, 0.1) is 12.2 Å². The van der Waals surface area contributed by atoms with Crippen LogP contribution < -0.4 is 0 Å². The summed E-state index contributed by atoms with van der Waals surface area (Å²) in [6.45, 7) is 6.58. The van der Waals surface area contributed by atoms with Crippen LogP contribution in [0.5, 0.6) is 0 Å². The molecule has 0 bridgehead atoms. The molecule has 0 unspecified atom stereocenters. The average molecular weight is 283 g/mol. The van der Waals surface area contributed by atoms with Crippen molar-refractivity contribution in [2.24, 2.45) is 0 Å². The van der Waals surface area contributed by atoms with E-state index in [4.69, 9.17) is 0 Å². The van der Waals surface area contributed by atoms with Crippen molar-refractivity contribution in [3.63, 3.8) is 0 Å². The van der Waals surface area contributed by atoms with Crippen molar-refractivity contribution in [1.82, 2.24) is 4.57 Å². The zero-order chi connectivity index (χ0) is 15.1. The molecule has 1 heterocycles. The summed E-state index contributed by atoms with van der Waals surface area (Å²) in [6.07, 6.45) is -0.955. The second-order valence-corrected chi connectivity index (χ2v) is 5.65. The molecule has 3 nitrogen and oxygen atoms in total. The van der Waals surface area contributed by atoms with Crippen molar-refractivity contribution in [2.75, 3.05) is 0 Å². The normalized spacial score (nSPS) is 14.7. The maximum absolute atomic E-state index is 9.82. The first-order valence-electron chi connectivity index (χ1n) is 7.45. The minimum Gasteiger partial charge on any atom is -0.389 e. The van der Waals surface area contributed by atoms with Gasteiger partial charge in [0.25, 0.3) is 0 Å². The molecule has 0 radical (unpaired) electrons. The maximum Gasteiger partial charge on any atom is 0.0762 e. The standard InChI is InChI=1S/C18H21NO2/c1-4-19-17-7-5-13(11(2)20)9-15(17)16-10-14(12(3)21)6-8-18(16)19/h5-12,20-21H,4H2,1-3H3/t11-,12-/m1/s1. The van der Waals surface area contributed by atoms with Crippen LogP contribution in [0.15, 0.2) is 36.4 Å². The molecule has 3 rings (SSSR count). The first-order chi connectivity index (χ1) is 10.0. The van der Waals surface area contributed by atoms with Gasteiger partial charge in [0.15, 0.2) is 0 Å². The van der Waals surface area contributed by atoms with Gasteiger partial charge in [0.1, 0.15) is 0 Å². The fraction of sp³-hybridized carbons (Fsp3) is 0.333. The highest BCUT2D eigenvalue weighted by Crippen LogP contribution is 2.32. The fourth-order valence-electron chi connectivity index (χ4n) is 3.00. The molecule has 0 amide bonds. The summed E-state index contributed by atoms with van der Waals surface area (Å²) in [5, 5.41) is 21.9. The maximum atomic E-state index is 9.82. The summed E-state index contributed by atoms with van der Waals surface area (Å²) in [7, 11) is 0. The predicted octanol–water partition coefficient (Wildman–Crippen LogP) is 3.92. The van der Waals surface area contributed by atoms with Gasteiger partial charge in [-0.3, -0.25) is 0 Å². The molecule has 1 aromatic heterocycles. The van der Waals surface area contributed by atoms with E-state index in [2.05, 4.69) is 35.8 Å². The first-order valence-corrected chi connectivity index (χ1v) is 7.45. The van der Waals surface area contributed by atoms with Gasteiger partial charge in [-0.2, -0.15) is 0 Å². The van der Waals surface area contributed by atoms with Crippen LogP contribution >= 0.6 is 0 Å². The Morgan fingerprint density at radius 1 is 0.857 bits per heavy atom. The summed E-state index contributed by atoms with van der Waals surface area (Å²) in [6, 6.07) is 12.2. The highest BCUT2D eigenvalue weighted by atomic mass is 16.3. The van der Waals surface area contributed by atoms with E-state index < -0.39 is 12.2 Å². The Morgan fingerprint density at radius 3 is 1.62 bits per heavy atom. The molecule has 3 heteroatoms. The summed E-state index contributed by atoms with van der Waals surface area (Å²) >= 11 is 0. The average Bonchev–Trinajstić information content (AvgIpc) is 2.79. The van der Waals surface area contributed by atoms with E-state index in [1.165, 1.54) is 11.0 Å². The second kappa shape index (κ2) is 5.17. The molecule has 0 saturated heterocycles. The van der Waals surface area contributed by atoms with E-state index in [9.17, 15) is 10.2 Å². The number of hydrogen-bond acceptors (Lipinski definition) is 2. The first kappa shape index (κ1) is 14.1. The van der Waals surface area contributed by atoms with Crippen molar-refractivity contribution < 1.29 is 10.2 Å². The number of aryl methyl sites for hydroxylation is 1. The smallest absolute Gasteiger partial charge is 0.0762 e. The van der Waals surface area contributed by atoms with Crippen LogP contribution in [-0.2, 0) is 6.54 Å². The van der Waals surface area contributed by atoms with E-state index in [1.54, 1.807) is 13.8 Å². The fourth-order valence-corrected chi connectivity index (χ4v) is 3.00. The quantitative estimate of drug-likeness (QED) is 0.765. The molecule has 0 aliphatic carbocycles. The number of aromatic nitrogens is 1. The number of aliphatic hydroxyl groups excluding tert-OH is 2. The Hall–Kier alpha value is -1.84. The molecule has 3 aromatic rings. The number of fused-ring (bicyclic) bond motifs is 3. The Kier molecular flexibility index (Phi) is 3.47. The SMILES string of the molecule is CCn1c2ccc([C@@H](C)O)cc2c2cc([C@@H](C)O)ccc21. The molecule has 0 spiro atoms. The van der Waals surface area contributed by atoms with Crippen molar-refractivity contribution >= 4 is 21.8 Å². The zero-order valence-electron chi connectivity index (χ0n) is 12.7. The molecule has 0 saturated carbocycles. The molecular weight excluding hydrogens is 262 g/mol. The molecule has 2 N–H and O–H groups in total. The van der Waals surface area contributed by atoms with E-state index in [-0.39, 0.29) is 0 Å². The van der Waals surface area contributed by atoms with Crippen LogP contribution in [0.25, 0.3) is 21.8 Å². The van der Waals surface area contributed by atoms with Gasteiger partial charge in [-0.15, -0.1) is 0 Å². The third-order valence-electron chi connectivity index (χ3n) is 4.19. The minimum absolute atomic E-state index is 0.477. The van der Waals surface area contributed by atoms with Gasteiger partial charge < -0.3 is 14.8 Å². The molecule has 110 valence electrons. The van der Waals surface area contributed by atoms with E-state index in [0.29, 0.717) is 0 Å². The van der Waals surface area contributed by atoms with Gasteiger partial charge in [-0.05, 0) is 56.2 Å². The Morgan fingerprint density at radius 2 is 1.29 bits per heavy atom. The van der Waals surface area contributed by atoms with Crippen LogP contribution in [0.1, 0.15) is 44.1 Å². The van der Waals surface area contributed by atoms with E-state index in [0.717, 1.165) is 28.4 Å². The summed E-state index contributed by atoms with van der Waals surface area (Å²) < 4.78 is 2.27. The lowest BCUT2D eigenvalue weighted by atomic mass is 10.0. The third kappa shape index (κ3) is 2.23. The van der Waals surface area contributed by atoms with Crippen LogP contribution in [-0.4, -0.2) is 14.8 Å². The van der Waals surface area contributed by atoms with Crippen molar-refractivity contribution in [2.45, 2.75) is 39.5 Å². The Bertz CT molecular complexity index is 734. The number of aliphatic hydroxyl groups is 2. The lowest BCUT2D eigenvalue weighted by Crippen LogP contribution is -1.94. The van der Waals surface area contributed by atoms with Crippen molar-refractivity contribution in [1.29, 1.82) is 0 Å². The number of benzene rings is 2. The monoisotopic (exact) mass is 283 g/mol. The molecule has 2 aromatic carbocycles. The highest BCUT2D eigenvalue weighted by molar-refractivity contribution is 6.08. The van der Waals surface area contributed by atoms with E-state index >= 15 is 0 Å². The summed E-state index contributed by atoms with van der Waals surface area (Å²) in [5.41, 5.74) is 4.17. The lowest BCUT2D eigenvalue weighted by Gasteiger charge is -2.06. The van der Waals surface area contributed by atoms with Crippen LogP contribution in [0, 0.1) is 0 Å². The van der Waals surface area contributed by atoms with Crippen LogP contribution in [0.3, 0.4) is 0 Å². The Labute approximate surface area is 124 Å².